The first-order valence-electron chi connectivity index (χ1n) is 6.79. The van der Waals surface area contributed by atoms with Gasteiger partial charge in [0.05, 0.1) is 7.11 Å². The fourth-order valence-corrected chi connectivity index (χ4v) is 1.98. The zero-order valence-electron chi connectivity index (χ0n) is 12.2. The Morgan fingerprint density at radius 2 is 1.52 bits per heavy atom. The molecule has 2 heteroatoms. The van der Waals surface area contributed by atoms with E-state index in [0.29, 0.717) is 0 Å². The van der Waals surface area contributed by atoms with Crippen LogP contribution in [0.2, 0.25) is 0 Å². The highest BCUT2D eigenvalue weighted by molar-refractivity contribution is 5.82. The van der Waals surface area contributed by atoms with Crippen LogP contribution in [0.25, 0.3) is 17.2 Å². The lowest BCUT2D eigenvalue weighted by molar-refractivity contribution is -0.134. The van der Waals surface area contributed by atoms with Crippen LogP contribution in [0.1, 0.15) is 12.5 Å². The molecule has 106 valence electrons. The standard InChI is InChI=1S/C19H18O2/c1-15(8-13-19(20)21-2)14-16-9-11-18(12-10-16)17-6-4-3-5-7-17/h3-14H,1-2H3/b13-8+,15-14+. The molecule has 0 heterocycles. The molecular formula is C19H18O2. The summed E-state index contributed by atoms with van der Waals surface area (Å²) in [7, 11) is 1.37. The Hall–Kier alpha value is -2.61. The third-order valence-electron chi connectivity index (χ3n) is 3.10. The summed E-state index contributed by atoms with van der Waals surface area (Å²) in [5, 5.41) is 0. The Morgan fingerprint density at radius 3 is 2.14 bits per heavy atom. The highest BCUT2D eigenvalue weighted by Gasteiger charge is 1.96. The summed E-state index contributed by atoms with van der Waals surface area (Å²) in [5.41, 5.74) is 4.49. The van der Waals surface area contributed by atoms with Crippen LogP contribution in [0.4, 0.5) is 0 Å². The van der Waals surface area contributed by atoms with Crippen molar-refractivity contribution in [1.29, 1.82) is 0 Å². The lowest BCUT2D eigenvalue weighted by Gasteiger charge is -2.02. The molecule has 0 aliphatic heterocycles. The molecule has 2 aromatic carbocycles. The molecule has 0 aliphatic rings. The van der Waals surface area contributed by atoms with Crippen molar-refractivity contribution in [3.05, 3.63) is 77.9 Å². The van der Waals surface area contributed by atoms with Gasteiger partial charge >= 0.3 is 5.97 Å². The molecule has 0 fully saturated rings. The van der Waals surface area contributed by atoms with Gasteiger partial charge in [-0.2, -0.15) is 0 Å². The van der Waals surface area contributed by atoms with Gasteiger partial charge < -0.3 is 4.74 Å². The number of hydrogen-bond acceptors (Lipinski definition) is 2. The van der Waals surface area contributed by atoms with Gasteiger partial charge in [-0.25, -0.2) is 4.79 Å². The normalized spacial score (nSPS) is 11.6. The van der Waals surface area contributed by atoms with Crippen molar-refractivity contribution < 1.29 is 9.53 Å². The average molecular weight is 278 g/mol. The maximum atomic E-state index is 11.0. The molecule has 0 saturated heterocycles. The fourth-order valence-electron chi connectivity index (χ4n) is 1.98. The van der Waals surface area contributed by atoms with Gasteiger partial charge in [0.15, 0.2) is 0 Å². The maximum Gasteiger partial charge on any atom is 0.330 e. The average Bonchev–Trinajstić information content (AvgIpc) is 2.54. The molecule has 2 aromatic rings. The van der Waals surface area contributed by atoms with Crippen LogP contribution in [0.5, 0.6) is 0 Å². The fraction of sp³-hybridized carbons (Fsp3) is 0.105. The Morgan fingerprint density at radius 1 is 0.905 bits per heavy atom. The van der Waals surface area contributed by atoms with Crippen LogP contribution in [-0.4, -0.2) is 13.1 Å². The van der Waals surface area contributed by atoms with E-state index < -0.39 is 0 Å². The van der Waals surface area contributed by atoms with Crippen molar-refractivity contribution in [2.75, 3.05) is 7.11 Å². The summed E-state index contributed by atoms with van der Waals surface area (Å²) >= 11 is 0. The smallest absolute Gasteiger partial charge is 0.330 e. The Balaban J connectivity index is 2.12. The molecular weight excluding hydrogens is 260 g/mol. The number of esters is 1. The zero-order valence-corrected chi connectivity index (χ0v) is 12.2. The third-order valence-corrected chi connectivity index (χ3v) is 3.10. The Bertz CT molecular complexity index is 650. The number of allylic oxidation sites excluding steroid dienone is 2. The van der Waals surface area contributed by atoms with E-state index in [1.807, 2.05) is 31.2 Å². The van der Waals surface area contributed by atoms with E-state index in [-0.39, 0.29) is 5.97 Å². The summed E-state index contributed by atoms with van der Waals surface area (Å²) in [6, 6.07) is 18.6. The summed E-state index contributed by atoms with van der Waals surface area (Å²) in [5.74, 6) is -0.345. The third kappa shape index (κ3) is 4.46. The number of methoxy groups -OCH3 is 1. The summed E-state index contributed by atoms with van der Waals surface area (Å²) in [4.78, 5) is 11.0. The second-order valence-electron chi connectivity index (χ2n) is 4.73. The van der Waals surface area contributed by atoms with Crippen molar-refractivity contribution in [2.24, 2.45) is 0 Å². The molecule has 0 aliphatic carbocycles. The van der Waals surface area contributed by atoms with Gasteiger partial charge in [0.25, 0.3) is 0 Å². The number of hydrogen-bond donors (Lipinski definition) is 0. The molecule has 0 N–H and O–H groups in total. The van der Waals surface area contributed by atoms with Crippen LogP contribution in [-0.2, 0) is 9.53 Å². The van der Waals surface area contributed by atoms with Gasteiger partial charge in [0.2, 0.25) is 0 Å². The van der Waals surface area contributed by atoms with Crippen LogP contribution >= 0.6 is 0 Å². The Kier molecular flexibility index (Phi) is 5.10. The van der Waals surface area contributed by atoms with E-state index in [1.165, 1.54) is 24.3 Å². The molecule has 0 radical (unpaired) electrons. The first kappa shape index (κ1) is 14.8. The topological polar surface area (TPSA) is 26.3 Å². The molecule has 2 rings (SSSR count). The molecule has 2 nitrogen and oxygen atoms in total. The minimum atomic E-state index is -0.345. The van der Waals surface area contributed by atoms with E-state index in [0.717, 1.165) is 11.1 Å². The number of carbonyl (C=O) groups excluding carboxylic acids is 1. The summed E-state index contributed by atoms with van der Waals surface area (Å²) in [6.45, 7) is 1.95. The van der Waals surface area contributed by atoms with Crippen molar-refractivity contribution >= 4 is 12.0 Å². The van der Waals surface area contributed by atoms with E-state index >= 15 is 0 Å². The van der Waals surface area contributed by atoms with Gasteiger partial charge in [-0.15, -0.1) is 0 Å². The highest BCUT2D eigenvalue weighted by atomic mass is 16.5. The van der Waals surface area contributed by atoms with E-state index in [4.69, 9.17) is 0 Å². The molecule has 0 spiro atoms. The minimum absolute atomic E-state index is 0.345. The number of benzene rings is 2. The van der Waals surface area contributed by atoms with Crippen LogP contribution in [0.3, 0.4) is 0 Å². The van der Waals surface area contributed by atoms with E-state index in [1.54, 1.807) is 6.08 Å². The lowest BCUT2D eigenvalue weighted by atomic mass is 10.0. The summed E-state index contributed by atoms with van der Waals surface area (Å²) in [6.07, 6.45) is 5.19. The van der Waals surface area contributed by atoms with Crippen molar-refractivity contribution in [1.82, 2.24) is 0 Å². The van der Waals surface area contributed by atoms with Gasteiger partial charge in [-0.05, 0) is 23.6 Å². The highest BCUT2D eigenvalue weighted by Crippen LogP contribution is 2.20. The molecule has 0 aromatic heterocycles. The quantitative estimate of drug-likeness (QED) is 0.468. The van der Waals surface area contributed by atoms with E-state index in [9.17, 15) is 4.79 Å². The zero-order chi connectivity index (χ0) is 15.1. The van der Waals surface area contributed by atoms with Crippen molar-refractivity contribution in [3.8, 4) is 11.1 Å². The first-order valence-corrected chi connectivity index (χ1v) is 6.79. The minimum Gasteiger partial charge on any atom is -0.466 e. The first-order chi connectivity index (χ1) is 10.2. The molecule has 0 saturated carbocycles. The Labute approximate surface area is 125 Å². The molecule has 21 heavy (non-hydrogen) atoms. The number of ether oxygens (including phenoxy) is 1. The van der Waals surface area contributed by atoms with Gasteiger partial charge in [0, 0.05) is 6.08 Å². The maximum absolute atomic E-state index is 11.0. The largest absolute Gasteiger partial charge is 0.466 e. The second kappa shape index (κ2) is 7.25. The second-order valence-corrected chi connectivity index (χ2v) is 4.73. The van der Waals surface area contributed by atoms with Crippen LogP contribution < -0.4 is 0 Å². The molecule has 0 amide bonds. The SMILES string of the molecule is COC(=O)/C=C/C(C)=C/c1ccc(-c2ccccc2)cc1. The van der Waals surface area contributed by atoms with Crippen molar-refractivity contribution in [3.63, 3.8) is 0 Å². The number of rotatable bonds is 4. The van der Waals surface area contributed by atoms with Crippen molar-refractivity contribution in [2.45, 2.75) is 6.92 Å². The lowest BCUT2D eigenvalue weighted by Crippen LogP contribution is -1.93. The molecule has 0 bridgehead atoms. The van der Waals surface area contributed by atoms with Gasteiger partial charge in [0.1, 0.15) is 0 Å². The van der Waals surface area contributed by atoms with Gasteiger partial charge in [-0.1, -0.05) is 72.3 Å². The number of carbonyl (C=O) groups is 1. The van der Waals surface area contributed by atoms with Crippen LogP contribution in [0, 0.1) is 0 Å². The monoisotopic (exact) mass is 278 g/mol. The molecule has 0 unspecified atom stereocenters. The van der Waals surface area contributed by atoms with Gasteiger partial charge in [-0.3, -0.25) is 0 Å². The van der Waals surface area contributed by atoms with E-state index in [2.05, 4.69) is 41.1 Å². The predicted molar refractivity (Wildman–Crippen MR) is 86.7 cm³/mol. The molecule has 0 atom stereocenters. The predicted octanol–water partition coefficient (Wildman–Crippen LogP) is 4.49. The van der Waals surface area contributed by atoms with Crippen LogP contribution in [0.15, 0.2) is 72.3 Å². The summed E-state index contributed by atoms with van der Waals surface area (Å²) < 4.78 is 4.56.